The van der Waals surface area contributed by atoms with Crippen LogP contribution in [0.4, 0.5) is 0 Å². The Morgan fingerprint density at radius 1 is 1.12 bits per heavy atom. The average molecular weight is 219 g/mol. The van der Waals surface area contributed by atoms with Gasteiger partial charge in [0.1, 0.15) is 5.82 Å². The molecule has 3 N–H and O–H groups in total. The number of hydrogen-bond acceptors (Lipinski definition) is 2. The van der Waals surface area contributed by atoms with E-state index in [1.54, 1.807) is 0 Å². The first-order valence-electron chi connectivity index (χ1n) is 6.66. The fourth-order valence-corrected chi connectivity index (χ4v) is 3.10. The van der Waals surface area contributed by atoms with E-state index in [0.717, 1.165) is 19.3 Å². The molecule has 0 amide bonds. The third-order valence-electron chi connectivity index (χ3n) is 4.09. The molecule has 1 saturated carbocycles. The van der Waals surface area contributed by atoms with Crippen molar-refractivity contribution in [3.8, 4) is 0 Å². The summed E-state index contributed by atoms with van der Waals surface area (Å²) in [4.78, 5) is 8.34. The Kier molecular flexibility index (Phi) is 2.72. The highest BCUT2D eigenvalue weighted by atomic mass is 15.0. The van der Waals surface area contributed by atoms with E-state index in [1.165, 1.54) is 49.3 Å². The summed E-state index contributed by atoms with van der Waals surface area (Å²) in [5, 5.41) is 0. The van der Waals surface area contributed by atoms with Crippen molar-refractivity contribution in [2.45, 2.75) is 63.3 Å². The summed E-state index contributed by atoms with van der Waals surface area (Å²) in [6.07, 6.45) is 9.94. The highest BCUT2D eigenvalue weighted by molar-refractivity contribution is 5.21. The third-order valence-corrected chi connectivity index (χ3v) is 4.09. The van der Waals surface area contributed by atoms with Crippen molar-refractivity contribution in [1.82, 2.24) is 9.97 Å². The normalized spacial score (nSPS) is 26.7. The maximum absolute atomic E-state index is 5.99. The zero-order chi connectivity index (χ0) is 11.0. The van der Waals surface area contributed by atoms with E-state index in [1.807, 2.05) is 0 Å². The predicted octanol–water partition coefficient (Wildman–Crippen LogP) is 2.27. The number of imidazole rings is 1. The number of nitrogens with zero attached hydrogens (tertiary/aromatic N) is 1. The van der Waals surface area contributed by atoms with Gasteiger partial charge in [0.05, 0.1) is 5.69 Å². The van der Waals surface area contributed by atoms with Gasteiger partial charge >= 0.3 is 0 Å². The van der Waals surface area contributed by atoms with Crippen molar-refractivity contribution >= 4 is 0 Å². The maximum atomic E-state index is 5.99. The molecule has 0 aliphatic heterocycles. The second kappa shape index (κ2) is 4.21. The van der Waals surface area contributed by atoms with Crippen molar-refractivity contribution < 1.29 is 0 Å². The van der Waals surface area contributed by atoms with Gasteiger partial charge < -0.3 is 10.7 Å². The van der Waals surface area contributed by atoms with Crippen LogP contribution in [0.2, 0.25) is 0 Å². The molecule has 2 aliphatic rings. The number of nitrogens with one attached hydrogen (secondary N) is 1. The summed E-state index contributed by atoms with van der Waals surface area (Å²) in [6.45, 7) is 0. The molecule has 1 heterocycles. The molecule has 1 aromatic rings. The first-order valence-corrected chi connectivity index (χ1v) is 6.66. The Morgan fingerprint density at radius 2 is 1.94 bits per heavy atom. The van der Waals surface area contributed by atoms with Gasteiger partial charge in [-0.1, -0.05) is 19.3 Å². The molecular formula is C13H21N3. The molecule has 1 unspecified atom stereocenters. The molecule has 3 heteroatoms. The number of aromatic nitrogens is 2. The lowest BCUT2D eigenvalue weighted by molar-refractivity contribution is 0.430. The van der Waals surface area contributed by atoms with Crippen LogP contribution in [0.1, 0.15) is 61.7 Å². The average Bonchev–Trinajstić information content (AvgIpc) is 2.73. The molecular weight excluding hydrogens is 198 g/mol. The van der Waals surface area contributed by atoms with Gasteiger partial charge in [0.15, 0.2) is 0 Å². The van der Waals surface area contributed by atoms with Crippen LogP contribution >= 0.6 is 0 Å². The minimum absolute atomic E-state index is 0.340. The molecule has 1 aromatic heterocycles. The zero-order valence-corrected chi connectivity index (χ0v) is 9.84. The SMILES string of the molecule is NC1CCc2nc(C3CCCCC3)[nH]c2C1. The van der Waals surface area contributed by atoms with Gasteiger partial charge in [0, 0.05) is 24.1 Å². The van der Waals surface area contributed by atoms with Crippen molar-refractivity contribution in [2.75, 3.05) is 0 Å². The number of rotatable bonds is 1. The standard InChI is InChI=1S/C13H21N3/c14-10-6-7-11-12(8-10)16-13(15-11)9-4-2-1-3-5-9/h9-10H,1-8,14H2,(H,15,16). The summed E-state index contributed by atoms with van der Waals surface area (Å²) in [5.41, 5.74) is 8.60. The zero-order valence-electron chi connectivity index (χ0n) is 9.84. The summed E-state index contributed by atoms with van der Waals surface area (Å²) < 4.78 is 0. The first-order chi connectivity index (χ1) is 7.83. The topological polar surface area (TPSA) is 54.7 Å². The molecule has 0 spiro atoms. The van der Waals surface area contributed by atoms with Crippen LogP contribution < -0.4 is 5.73 Å². The van der Waals surface area contributed by atoms with E-state index in [-0.39, 0.29) is 0 Å². The van der Waals surface area contributed by atoms with E-state index < -0.39 is 0 Å². The molecule has 3 nitrogen and oxygen atoms in total. The molecule has 88 valence electrons. The predicted molar refractivity (Wildman–Crippen MR) is 64.4 cm³/mol. The largest absolute Gasteiger partial charge is 0.345 e. The fraction of sp³-hybridized carbons (Fsp3) is 0.769. The molecule has 3 rings (SSSR count). The lowest BCUT2D eigenvalue weighted by atomic mass is 9.89. The number of fused-ring (bicyclic) bond motifs is 1. The number of H-pyrrole nitrogens is 1. The van der Waals surface area contributed by atoms with E-state index in [0.29, 0.717) is 12.0 Å². The van der Waals surface area contributed by atoms with Gasteiger partial charge in [-0.15, -0.1) is 0 Å². The number of aryl methyl sites for hydroxylation is 1. The van der Waals surface area contributed by atoms with Gasteiger partial charge in [-0.25, -0.2) is 4.98 Å². The number of aromatic amines is 1. The van der Waals surface area contributed by atoms with E-state index in [2.05, 4.69) is 4.98 Å². The quantitative estimate of drug-likeness (QED) is 0.761. The first kappa shape index (κ1) is 10.3. The highest BCUT2D eigenvalue weighted by Crippen LogP contribution is 2.32. The Hall–Kier alpha value is -0.830. The van der Waals surface area contributed by atoms with Crippen LogP contribution in [-0.4, -0.2) is 16.0 Å². The summed E-state index contributed by atoms with van der Waals surface area (Å²) in [7, 11) is 0. The molecule has 0 bridgehead atoms. The van der Waals surface area contributed by atoms with Crippen molar-refractivity contribution in [3.05, 3.63) is 17.2 Å². The van der Waals surface area contributed by atoms with Crippen molar-refractivity contribution in [3.63, 3.8) is 0 Å². The minimum Gasteiger partial charge on any atom is -0.345 e. The molecule has 0 aromatic carbocycles. The van der Waals surface area contributed by atoms with Gasteiger partial charge in [-0.3, -0.25) is 0 Å². The molecule has 16 heavy (non-hydrogen) atoms. The van der Waals surface area contributed by atoms with Crippen LogP contribution in [0.5, 0.6) is 0 Å². The van der Waals surface area contributed by atoms with Crippen molar-refractivity contribution in [2.24, 2.45) is 5.73 Å². The molecule has 2 aliphatic carbocycles. The Balaban J connectivity index is 1.80. The van der Waals surface area contributed by atoms with E-state index >= 15 is 0 Å². The Labute approximate surface area is 96.8 Å². The Bertz CT molecular complexity index is 363. The van der Waals surface area contributed by atoms with E-state index in [9.17, 15) is 0 Å². The van der Waals surface area contributed by atoms with Gasteiger partial charge in [-0.05, 0) is 25.7 Å². The second-order valence-corrected chi connectivity index (χ2v) is 5.39. The van der Waals surface area contributed by atoms with Crippen LogP contribution in [0.15, 0.2) is 0 Å². The molecule has 0 saturated heterocycles. The van der Waals surface area contributed by atoms with Crippen molar-refractivity contribution in [1.29, 1.82) is 0 Å². The van der Waals surface area contributed by atoms with Crippen LogP contribution in [0.25, 0.3) is 0 Å². The highest BCUT2D eigenvalue weighted by Gasteiger charge is 2.23. The smallest absolute Gasteiger partial charge is 0.109 e. The van der Waals surface area contributed by atoms with Gasteiger partial charge in [-0.2, -0.15) is 0 Å². The molecule has 1 fully saturated rings. The van der Waals surface area contributed by atoms with Crippen LogP contribution in [-0.2, 0) is 12.8 Å². The number of hydrogen-bond donors (Lipinski definition) is 2. The Morgan fingerprint density at radius 3 is 2.75 bits per heavy atom. The van der Waals surface area contributed by atoms with Gasteiger partial charge in [0.2, 0.25) is 0 Å². The summed E-state index contributed by atoms with van der Waals surface area (Å²) in [6, 6.07) is 0.340. The molecule has 1 atom stereocenters. The van der Waals surface area contributed by atoms with Gasteiger partial charge in [0.25, 0.3) is 0 Å². The third kappa shape index (κ3) is 1.88. The van der Waals surface area contributed by atoms with Crippen LogP contribution in [0.3, 0.4) is 0 Å². The second-order valence-electron chi connectivity index (χ2n) is 5.39. The monoisotopic (exact) mass is 219 g/mol. The maximum Gasteiger partial charge on any atom is 0.109 e. The molecule has 0 radical (unpaired) electrons. The number of nitrogens with two attached hydrogens (primary N) is 1. The summed E-state index contributed by atoms with van der Waals surface area (Å²) in [5.74, 6) is 1.94. The minimum atomic E-state index is 0.340. The van der Waals surface area contributed by atoms with E-state index in [4.69, 9.17) is 10.7 Å². The lowest BCUT2D eigenvalue weighted by Crippen LogP contribution is -2.27. The summed E-state index contributed by atoms with van der Waals surface area (Å²) >= 11 is 0. The van der Waals surface area contributed by atoms with Crippen LogP contribution in [0, 0.1) is 0 Å². The lowest BCUT2D eigenvalue weighted by Gasteiger charge is -2.19. The fourth-order valence-electron chi connectivity index (χ4n) is 3.10.